The van der Waals surface area contributed by atoms with Crippen LogP contribution >= 0.6 is 11.6 Å². The third kappa shape index (κ3) is 3.76. The molecule has 11 heteroatoms. The minimum Gasteiger partial charge on any atom is -0.485 e. The standard InChI is InChI=1S/C21H23ClN6O4/c1-2-23-18-15-13(22)11-24-19(15)27-21(26-18)25-14-4-3-12(16-17(14)32-10-9-31-16)20(29)28-5-7-30-8-6-28/h3-4,11H,2,5-10H2,1H3,(H3,23,24,25,26,27). The molecule has 32 heavy (non-hydrogen) atoms. The molecule has 2 aliphatic heterocycles. The number of fused-ring (bicyclic) bond motifs is 2. The van der Waals surface area contributed by atoms with Crippen LogP contribution in [-0.4, -0.2) is 71.8 Å². The Kier molecular flexibility index (Phi) is 5.62. The van der Waals surface area contributed by atoms with E-state index in [0.717, 1.165) is 5.39 Å². The SMILES string of the molecule is CCNc1nc(Nc2ccc(C(=O)N3CCOCC3)c3c2OCCO3)nc2[nH]cc(Cl)c12. The fraction of sp³-hybridized carbons (Fsp3) is 0.381. The highest BCUT2D eigenvalue weighted by Gasteiger charge is 2.28. The summed E-state index contributed by atoms with van der Waals surface area (Å²) in [5.74, 6) is 1.77. The summed E-state index contributed by atoms with van der Waals surface area (Å²) in [5, 5.41) is 7.69. The van der Waals surface area contributed by atoms with E-state index in [2.05, 4.69) is 25.6 Å². The van der Waals surface area contributed by atoms with Crippen LogP contribution in [0.5, 0.6) is 11.5 Å². The highest BCUT2D eigenvalue weighted by molar-refractivity contribution is 6.36. The summed E-state index contributed by atoms with van der Waals surface area (Å²) in [6.45, 7) is 5.57. The first kappa shape index (κ1) is 20.7. The summed E-state index contributed by atoms with van der Waals surface area (Å²) in [6.07, 6.45) is 1.68. The van der Waals surface area contributed by atoms with Crippen LogP contribution < -0.4 is 20.1 Å². The highest BCUT2D eigenvalue weighted by atomic mass is 35.5. The van der Waals surface area contributed by atoms with Crippen molar-refractivity contribution in [1.29, 1.82) is 0 Å². The minimum atomic E-state index is -0.102. The van der Waals surface area contributed by atoms with Gasteiger partial charge in [0, 0.05) is 25.8 Å². The molecular formula is C21H23ClN6O4. The first-order valence-electron chi connectivity index (χ1n) is 10.5. The van der Waals surface area contributed by atoms with Crippen molar-refractivity contribution < 1.29 is 19.0 Å². The zero-order chi connectivity index (χ0) is 22.1. The summed E-state index contributed by atoms with van der Waals surface area (Å²) in [4.78, 5) is 27.0. The van der Waals surface area contributed by atoms with Crippen molar-refractivity contribution in [2.45, 2.75) is 6.92 Å². The van der Waals surface area contributed by atoms with Crippen molar-refractivity contribution >= 4 is 46.0 Å². The maximum Gasteiger partial charge on any atom is 0.257 e. The molecular weight excluding hydrogens is 436 g/mol. The van der Waals surface area contributed by atoms with Gasteiger partial charge in [0.25, 0.3) is 5.91 Å². The lowest BCUT2D eigenvalue weighted by atomic mass is 10.1. The number of carbonyl (C=O) groups excluding carboxylic acids is 1. The van der Waals surface area contributed by atoms with Gasteiger partial charge in [-0.1, -0.05) is 11.6 Å². The van der Waals surface area contributed by atoms with Gasteiger partial charge in [-0.05, 0) is 19.1 Å². The molecule has 0 saturated carbocycles. The van der Waals surface area contributed by atoms with Crippen molar-refractivity contribution in [2.75, 3.05) is 56.7 Å². The third-order valence-corrected chi connectivity index (χ3v) is 5.59. The number of amides is 1. The average molecular weight is 459 g/mol. The van der Waals surface area contributed by atoms with Crippen LogP contribution in [0.3, 0.4) is 0 Å². The molecule has 0 aliphatic carbocycles. The van der Waals surface area contributed by atoms with E-state index in [0.29, 0.717) is 91.2 Å². The largest absolute Gasteiger partial charge is 0.485 e. The monoisotopic (exact) mass is 458 g/mol. The van der Waals surface area contributed by atoms with Gasteiger partial charge in [-0.15, -0.1) is 0 Å². The number of aromatic nitrogens is 3. The Hall–Kier alpha value is -3.24. The average Bonchev–Trinajstić information content (AvgIpc) is 3.20. The molecule has 0 atom stereocenters. The van der Waals surface area contributed by atoms with E-state index in [1.165, 1.54) is 0 Å². The Bertz CT molecular complexity index is 1160. The lowest BCUT2D eigenvalue weighted by Crippen LogP contribution is -2.41. The van der Waals surface area contributed by atoms with Crippen molar-refractivity contribution in [1.82, 2.24) is 19.9 Å². The number of H-pyrrole nitrogens is 1. The number of hydrogen-bond acceptors (Lipinski definition) is 8. The van der Waals surface area contributed by atoms with Crippen LogP contribution in [0.15, 0.2) is 18.3 Å². The summed E-state index contributed by atoms with van der Waals surface area (Å²) in [7, 11) is 0. The molecule has 0 spiro atoms. The molecule has 10 nitrogen and oxygen atoms in total. The summed E-state index contributed by atoms with van der Waals surface area (Å²) in [6, 6.07) is 3.52. The predicted molar refractivity (Wildman–Crippen MR) is 120 cm³/mol. The second kappa shape index (κ2) is 8.71. The smallest absolute Gasteiger partial charge is 0.257 e. The Labute approximate surface area is 189 Å². The number of aromatic amines is 1. The Balaban J connectivity index is 1.50. The maximum absolute atomic E-state index is 13.1. The van der Waals surface area contributed by atoms with Crippen LogP contribution in [0.25, 0.3) is 11.0 Å². The van der Waals surface area contributed by atoms with Crippen molar-refractivity contribution in [3.8, 4) is 11.5 Å². The zero-order valence-corrected chi connectivity index (χ0v) is 18.3. The number of morpholine rings is 1. The number of benzene rings is 1. The lowest BCUT2D eigenvalue weighted by Gasteiger charge is -2.29. The number of halogens is 1. The maximum atomic E-state index is 13.1. The molecule has 168 valence electrons. The molecule has 3 aromatic rings. The van der Waals surface area contributed by atoms with Crippen LogP contribution in [0.1, 0.15) is 17.3 Å². The molecule has 5 rings (SSSR count). The molecule has 3 N–H and O–H groups in total. The highest BCUT2D eigenvalue weighted by Crippen LogP contribution is 2.42. The number of hydrogen-bond donors (Lipinski definition) is 3. The second-order valence-corrected chi connectivity index (χ2v) is 7.74. The van der Waals surface area contributed by atoms with Gasteiger partial charge in [-0.25, -0.2) is 0 Å². The topological polar surface area (TPSA) is 114 Å². The minimum absolute atomic E-state index is 0.102. The van der Waals surface area contributed by atoms with Gasteiger partial charge in [0.1, 0.15) is 24.7 Å². The Morgan fingerprint density at radius 3 is 2.72 bits per heavy atom. The van der Waals surface area contributed by atoms with Crippen LogP contribution in [-0.2, 0) is 4.74 Å². The number of ether oxygens (including phenoxy) is 3. The van der Waals surface area contributed by atoms with Gasteiger partial charge in [-0.2, -0.15) is 9.97 Å². The van der Waals surface area contributed by atoms with Crippen molar-refractivity contribution in [3.63, 3.8) is 0 Å². The van der Waals surface area contributed by atoms with Gasteiger partial charge in [0.2, 0.25) is 5.95 Å². The summed E-state index contributed by atoms with van der Waals surface area (Å²) < 4.78 is 17.1. The molecule has 1 saturated heterocycles. The molecule has 0 unspecified atom stereocenters. The van der Waals surface area contributed by atoms with Crippen molar-refractivity contribution in [2.24, 2.45) is 0 Å². The molecule has 2 aliphatic rings. The molecule has 0 bridgehead atoms. The van der Waals surface area contributed by atoms with E-state index in [1.54, 1.807) is 23.2 Å². The van der Waals surface area contributed by atoms with Gasteiger partial charge in [-0.3, -0.25) is 4.79 Å². The van der Waals surface area contributed by atoms with Gasteiger partial charge < -0.3 is 34.7 Å². The first-order valence-corrected chi connectivity index (χ1v) is 10.9. The second-order valence-electron chi connectivity index (χ2n) is 7.33. The fourth-order valence-corrected chi connectivity index (χ4v) is 4.04. The molecule has 4 heterocycles. The third-order valence-electron chi connectivity index (χ3n) is 5.29. The van der Waals surface area contributed by atoms with E-state index in [-0.39, 0.29) is 5.91 Å². The number of nitrogens with one attached hydrogen (secondary N) is 3. The van der Waals surface area contributed by atoms with E-state index in [4.69, 9.17) is 25.8 Å². The van der Waals surface area contributed by atoms with Crippen LogP contribution in [0.2, 0.25) is 5.02 Å². The normalized spacial score (nSPS) is 15.6. The van der Waals surface area contributed by atoms with Gasteiger partial charge in [0.05, 0.1) is 34.9 Å². The molecule has 2 aromatic heterocycles. The molecule has 1 aromatic carbocycles. The lowest BCUT2D eigenvalue weighted by molar-refractivity contribution is 0.0298. The van der Waals surface area contributed by atoms with E-state index >= 15 is 0 Å². The number of rotatable bonds is 5. The van der Waals surface area contributed by atoms with Crippen LogP contribution in [0, 0.1) is 0 Å². The van der Waals surface area contributed by atoms with Crippen molar-refractivity contribution in [3.05, 3.63) is 28.9 Å². The van der Waals surface area contributed by atoms with Gasteiger partial charge in [0.15, 0.2) is 11.5 Å². The summed E-state index contributed by atoms with van der Waals surface area (Å²) in [5.41, 5.74) is 1.68. The quantitative estimate of drug-likeness (QED) is 0.534. The number of carbonyl (C=O) groups is 1. The predicted octanol–water partition coefficient (Wildman–Crippen LogP) is 3.03. The van der Waals surface area contributed by atoms with E-state index < -0.39 is 0 Å². The molecule has 1 amide bonds. The summed E-state index contributed by atoms with van der Waals surface area (Å²) >= 11 is 6.28. The Morgan fingerprint density at radius 2 is 1.94 bits per heavy atom. The number of nitrogens with zero attached hydrogens (tertiary/aromatic N) is 3. The zero-order valence-electron chi connectivity index (χ0n) is 17.5. The Morgan fingerprint density at radius 1 is 1.16 bits per heavy atom. The van der Waals surface area contributed by atoms with E-state index in [9.17, 15) is 4.79 Å². The fourth-order valence-electron chi connectivity index (χ4n) is 3.81. The molecule has 0 radical (unpaired) electrons. The first-order chi connectivity index (χ1) is 15.7. The van der Waals surface area contributed by atoms with Gasteiger partial charge >= 0.3 is 0 Å². The van der Waals surface area contributed by atoms with E-state index in [1.807, 2.05) is 6.92 Å². The number of anilines is 3. The molecule has 1 fully saturated rings. The van der Waals surface area contributed by atoms with Crippen LogP contribution in [0.4, 0.5) is 17.5 Å².